The second-order valence-corrected chi connectivity index (χ2v) is 6.23. The van der Waals surface area contributed by atoms with E-state index in [2.05, 4.69) is 11.4 Å². The van der Waals surface area contributed by atoms with Crippen molar-refractivity contribution in [3.05, 3.63) is 40.7 Å². The molecule has 0 saturated carbocycles. The lowest BCUT2D eigenvalue weighted by Gasteiger charge is -2.24. The van der Waals surface area contributed by atoms with Gasteiger partial charge in [0, 0.05) is 30.2 Å². The molecule has 0 unspecified atom stereocenters. The zero-order valence-corrected chi connectivity index (χ0v) is 11.9. The zero-order valence-electron chi connectivity index (χ0n) is 11.1. The smallest absolute Gasteiger partial charge is 0.252 e. The van der Waals surface area contributed by atoms with Gasteiger partial charge in [-0.3, -0.25) is 4.79 Å². The lowest BCUT2D eigenvalue weighted by Crippen LogP contribution is -2.26. The number of rotatable bonds is 2. The van der Waals surface area contributed by atoms with Crippen molar-refractivity contribution < 1.29 is 0 Å². The quantitative estimate of drug-likeness (QED) is 0.914. The number of benzene rings is 1. The molecule has 4 heteroatoms. The number of hydrogen-bond acceptors (Lipinski definition) is 3. The topological polar surface area (TPSA) is 34.0 Å². The van der Waals surface area contributed by atoms with Gasteiger partial charge in [-0.1, -0.05) is 18.2 Å². The van der Waals surface area contributed by atoms with E-state index in [4.69, 9.17) is 0 Å². The van der Waals surface area contributed by atoms with Crippen LogP contribution in [0.25, 0.3) is 10.9 Å². The van der Waals surface area contributed by atoms with Crippen molar-refractivity contribution in [3.8, 4) is 0 Å². The van der Waals surface area contributed by atoms with Gasteiger partial charge >= 0.3 is 0 Å². The van der Waals surface area contributed by atoms with Gasteiger partial charge < -0.3 is 9.88 Å². The molecule has 1 aromatic heterocycles. The van der Waals surface area contributed by atoms with Crippen LogP contribution in [0.5, 0.6) is 0 Å². The number of aryl methyl sites for hydroxylation is 1. The molecular formula is C15H18N2OS. The van der Waals surface area contributed by atoms with Crippen molar-refractivity contribution >= 4 is 28.4 Å². The number of pyridine rings is 1. The minimum atomic E-state index is 0.0476. The third kappa shape index (κ3) is 2.50. The summed E-state index contributed by atoms with van der Waals surface area (Å²) in [6, 6.07) is 10.3. The van der Waals surface area contributed by atoms with Gasteiger partial charge in [0.25, 0.3) is 5.56 Å². The summed E-state index contributed by atoms with van der Waals surface area (Å²) in [7, 11) is 1.83. The van der Waals surface area contributed by atoms with E-state index in [0.29, 0.717) is 6.04 Å². The number of hydrogen-bond donors (Lipinski definition) is 1. The van der Waals surface area contributed by atoms with Gasteiger partial charge in [0.05, 0.1) is 5.52 Å². The second kappa shape index (κ2) is 5.29. The first-order valence-corrected chi connectivity index (χ1v) is 7.84. The number of para-hydroxylation sites is 1. The lowest BCUT2D eigenvalue weighted by molar-refractivity contribution is 0.667. The molecule has 3 rings (SSSR count). The highest BCUT2D eigenvalue weighted by Crippen LogP contribution is 2.25. The molecule has 1 aromatic carbocycles. The van der Waals surface area contributed by atoms with Crippen LogP contribution in [0.1, 0.15) is 12.8 Å². The highest BCUT2D eigenvalue weighted by atomic mass is 32.2. The molecule has 0 aliphatic carbocycles. The average Bonchev–Trinajstić information content (AvgIpc) is 2.46. The van der Waals surface area contributed by atoms with E-state index in [0.717, 1.165) is 16.6 Å². The summed E-state index contributed by atoms with van der Waals surface area (Å²) in [5.74, 6) is 2.42. The summed E-state index contributed by atoms with van der Waals surface area (Å²) < 4.78 is 1.71. The van der Waals surface area contributed by atoms with Crippen molar-refractivity contribution in [3.63, 3.8) is 0 Å². The lowest BCUT2D eigenvalue weighted by atomic mass is 10.1. The summed E-state index contributed by atoms with van der Waals surface area (Å²) in [6.07, 6.45) is 2.35. The SMILES string of the molecule is Cn1c(=O)cc(NC2CCSCC2)c2ccccc21. The summed E-state index contributed by atoms with van der Waals surface area (Å²) in [5.41, 5.74) is 2.02. The Morgan fingerprint density at radius 3 is 2.79 bits per heavy atom. The largest absolute Gasteiger partial charge is 0.382 e. The van der Waals surface area contributed by atoms with Crippen LogP contribution in [0.3, 0.4) is 0 Å². The standard InChI is InChI=1S/C15H18N2OS/c1-17-14-5-3-2-4-12(14)13(10-15(17)18)16-11-6-8-19-9-7-11/h2-5,10-11,16H,6-9H2,1H3. The first-order valence-electron chi connectivity index (χ1n) is 6.69. The van der Waals surface area contributed by atoms with Crippen LogP contribution in [-0.4, -0.2) is 22.1 Å². The van der Waals surface area contributed by atoms with Crippen LogP contribution in [0.4, 0.5) is 5.69 Å². The zero-order chi connectivity index (χ0) is 13.2. The van der Waals surface area contributed by atoms with Gasteiger partial charge in [0.1, 0.15) is 0 Å². The number of fused-ring (bicyclic) bond motifs is 1. The first-order chi connectivity index (χ1) is 9.25. The minimum absolute atomic E-state index is 0.0476. The third-order valence-corrected chi connectivity index (χ3v) is 4.78. The Balaban J connectivity index is 2.03. The minimum Gasteiger partial charge on any atom is -0.382 e. The number of nitrogens with one attached hydrogen (secondary N) is 1. The van der Waals surface area contributed by atoms with Crippen LogP contribution in [0, 0.1) is 0 Å². The fraction of sp³-hybridized carbons (Fsp3) is 0.400. The van der Waals surface area contributed by atoms with E-state index in [1.807, 2.05) is 37.0 Å². The molecule has 3 nitrogen and oxygen atoms in total. The summed E-state index contributed by atoms with van der Waals surface area (Å²) in [4.78, 5) is 12.0. The molecule has 19 heavy (non-hydrogen) atoms. The fourth-order valence-corrected chi connectivity index (χ4v) is 3.70. The molecule has 1 N–H and O–H groups in total. The van der Waals surface area contributed by atoms with Crippen molar-refractivity contribution in [1.82, 2.24) is 4.57 Å². The molecule has 2 heterocycles. The molecule has 1 aliphatic heterocycles. The van der Waals surface area contributed by atoms with Crippen LogP contribution < -0.4 is 10.9 Å². The molecule has 0 spiro atoms. The number of nitrogens with zero attached hydrogens (tertiary/aromatic N) is 1. The van der Waals surface area contributed by atoms with E-state index in [1.54, 1.807) is 10.6 Å². The van der Waals surface area contributed by atoms with E-state index in [1.165, 1.54) is 24.3 Å². The second-order valence-electron chi connectivity index (χ2n) is 5.00. The van der Waals surface area contributed by atoms with E-state index in [9.17, 15) is 4.79 Å². The number of thioether (sulfide) groups is 1. The maximum absolute atomic E-state index is 12.0. The van der Waals surface area contributed by atoms with Crippen LogP contribution in [0.15, 0.2) is 35.1 Å². The van der Waals surface area contributed by atoms with E-state index in [-0.39, 0.29) is 5.56 Å². The number of anilines is 1. The van der Waals surface area contributed by atoms with Crippen LogP contribution in [0.2, 0.25) is 0 Å². The summed E-state index contributed by atoms with van der Waals surface area (Å²) >= 11 is 2.01. The highest BCUT2D eigenvalue weighted by Gasteiger charge is 2.15. The van der Waals surface area contributed by atoms with Gasteiger partial charge in [-0.2, -0.15) is 11.8 Å². The average molecular weight is 274 g/mol. The third-order valence-electron chi connectivity index (χ3n) is 3.73. The highest BCUT2D eigenvalue weighted by molar-refractivity contribution is 7.99. The molecule has 2 aromatic rings. The van der Waals surface area contributed by atoms with E-state index < -0.39 is 0 Å². The van der Waals surface area contributed by atoms with Crippen molar-refractivity contribution in [2.45, 2.75) is 18.9 Å². The monoisotopic (exact) mass is 274 g/mol. The maximum Gasteiger partial charge on any atom is 0.252 e. The Bertz CT molecular complexity index is 644. The summed E-state index contributed by atoms with van der Waals surface area (Å²) in [6.45, 7) is 0. The summed E-state index contributed by atoms with van der Waals surface area (Å²) in [5, 5.41) is 4.69. The molecule has 0 radical (unpaired) electrons. The molecule has 100 valence electrons. The Kier molecular flexibility index (Phi) is 3.51. The molecular weight excluding hydrogens is 256 g/mol. The van der Waals surface area contributed by atoms with Gasteiger partial charge in [0.2, 0.25) is 0 Å². The van der Waals surface area contributed by atoms with Gasteiger partial charge in [-0.25, -0.2) is 0 Å². The van der Waals surface area contributed by atoms with Gasteiger partial charge in [-0.05, 0) is 30.4 Å². The van der Waals surface area contributed by atoms with Crippen molar-refractivity contribution in [2.75, 3.05) is 16.8 Å². The van der Waals surface area contributed by atoms with E-state index >= 15 is 0 Å². The molecule has 0 bridgehead atoms. The normalized spacial score (nSPS) is 16.7. The van der Waals surface area contributed by atoms with Crippen molar-refractivity contribution in [2.24, 2.45) is 7.05 Å². The Hall–Kier alpha value is -1.42. The fourth-order valence-electron chi connectivity index (χ4n) is 2.59. The maximum atomic E-state index is 12.0. The van der Waals surface area contributed by atoms with Gasteiger partial charge in [0.15, 0.2) is 0 Å². The Labute approximate surface area is 117 Å². The van der Waals surface area contributed by atoms with Crippen LogP contribution in [-0.2, 0) is 7.05 Å². The molecule has 1 saturated heterocycles. The molecule has 0 atom stereocenters. The first kappa shape index (κ1) is 12.6. The molecule has 0 amide bonds. The molecule has 1 aliphatic rings. The Morgan fingerprint density at radius 2 is 2.00 bits per heavy atom. The Morgan fingerprint density at radius 1 is 1.26 bits per heavy atom. The van der Waals surface area contributed by atoms with Crippen molar-refractivity contribution in [1.29, 1.82) is 0 Å². The van der Waals surface area contributed by atoms with Crippen LogP contribution >= 0.6 is 11.8 Å². The molecule has 1 fully saturated rings. The number of aromatic nitrogens is 1. The predicted octanol–water partition coefficient (Wildman–Crippen LogP) is 2.85. The van der Waals surface area contributed by atoms with Gasteiger partial charge in [-0.15, -0.1) is 0 Å². The predicted molar refractivity (Wildman–Crippen MR) is 83.2 cm³/mol.